The zero-order chi connectivity index (χ0) is 17.7. The molecule has 5 heteroatoms. The van der Waals surface area contributed by atoms with E-state index in [-0.39, 0.29) is 11.6 Å². The topological polar surface area (TPSA) is 32.3 Å². The summed E-state index contributed by atoms with van der Waals surface area (Å²) in [4.78, 5) is 14.3. The van der Waals surface area contributed by atoms with E-state index in [0.29, 0.717) is 11.0 Å². The monoisotopic (exact) mass is 392 g/mol. The fourth-order valence-corrected chi connectivity index (χ4v) is 2.87. The van der Waals surface area contributed by atoms with Crippen LogP contribution in [0.4, 0.5) is 4.39 Å². The number of carbonyl (C=O) groups is 1. The highest BCUT2D eigenvalue weighted by atomic mass is 79.9. The first-order valence-corrected chi connectivity index (χ1v) is 8.70. The number of benzene rings is 2. The summed E-state index contributed by atoms with van der Waals surface area (Å²) in [5.74, 6) is -0.937. The van der Waals surface area contributed by atoms with Crippen LogP contribution in [-0.2, 0) is 6.42 Å². The molecule has 0 fully saturated rings. The van der Waals surface area contributed by atoms with Crippen LogP contribution in [0.15, 0.2) is 46.9 Å². The van der Waals surface area contributed by atoms with Gasteiger partial charge in [-0.05, 0) is 49.8 Å². The second kappa shape index (κ2) is 8.40. The van der Waals surface area contributed by atoms with Crippen LogP contribution < -0.4 is 5.32 Å². The fourth-order valence-electron chi connectivity index (χ4n) is 2.53. The highest BCUT2D eigenvalue weighted by molar-refractivity contribution is 9.10. The quantitative estimate of drug-likeness (QED) is 0.799. The second-order valence-corrected chi connectivity index (χ2v) is 6.82. The lowest BCUT2D eigenvalue weighted by atomic mass is 10.0. The molecule has 0 saturated carbocycles. The van der Waals surface area contributed by atoms with Gasteiger partial charge < -0.3 is 10.2 Å². The van der Waals surface area contributed by atoms with Crippen molar-refractivity contribution in [2.75, 3.05) is 20.6 Å². The molecule has 0 aromatic heterocycles. The summed E-state index contributed by atoms with van der Waals surface area (Å²) in [6.07, 6.45) is 0.993. The summed E-state index contributed by atoms with van der Waals surface area (Å²) in [6.45, 7) is 2.53. The van der Waals surface area contributed by atoms with E-state index >= 15 is 0 Å². The van der Waals surface area contributed by atoms with Crippen LogP contribution in [-0.4, -0.2) is 31.4 Å². The number of halogens is 2. The Labute approximate surface area is 151 Å². The molecule has 0 spiro atoms. The Hall–Kier alpha value is -1.72. The van der Waals surface area contributed by atoms with E-state index in [2.05, 4.69) is 52.4 Å². The Balaban J connectivity index is 2.09. The molecule has 2 aromatic carbocycles. The molecule has 0 saturated heterocycles. The average Bonchev–Trinajstić information content (AvgIpc) is 2.55. The van der Waals surface area contributed by atoms with Crippen molar-refractivity contribution in [2.24, 2.45) is 0 Å². The van der Waals surface area contributed by atoms with Gasteiger partial charge >= 0.3 is 0 Å². The normalized spacial score (nSPS) is 12.2. The lowest BCUT2D eigenvalue weighted by Crippen LogP contribution is -2.34. The van der Waals surface area contributed by atoms with E-state index in [9.17, 15) is 9.18 Å². The van der Waals surface area contributed by atoms with Crippen LogP contribution in [0.2, 0.25) is 0 Å². The van der Waals surface area contributed by atoms with Crippen molar-refractivity contribution in [1.82, 2.24) is 10.2 Å². The number of rotatable bonds is 6. The minimum atomic E-state index is -0.532. The molecular formula is C19H22BrFN2O. The van der Waals surface area contributed by atoms with Gasteiger partial charge in [0, 0.05) is 11.0 Å². The molecule has 0 bridgehead atoms. The summed E-state index contributed by atoms with van der Waals surface area (Å²) < 4.78 is 14.5. The first-order valence-electron chi connectivity index (χ1n) is 7.91. The number of nitrogens with one attached hydrogen (secondary N) is 1. The van der Waals surface area contributed by atoms with E-state index in [4.69, 9.17) is 0 Å². The number of carbonyl (C=O) groups excluding carboxylic acids is 1. The summed E-state index contributed by atoms with van der Waals surface area (Å²) in [6, 6.07) is 12.8. The number of amides is 1. The van der Waals surface area contributed by atoms with Crippen LogP contribution in [0.5, 0.6) is 0 Å². The van der Waals surface area contributed by atoms with E-state index < -0.39 is 11.7 Å². The third-order valence-electron chi connectivity index (χ3n) is 4.03. The summed E-state index contributed by atoms with van der Waals surface area (Å²) in [5.41, 5.74) is 2.45. The van der Waals surface area contributed by atoms with Crippen LogP contribution in [0, 0.1) is 5.82 Å². The molecule has 1 N–H and O–H groups in total. The van der Waals surface area contributed by atoms with Crippen LogP contribution in [0.25, 0.3) is 0 Å². The van der Waals surface area contributed by atoms with Crippen LogP contribution in [0.1, 0.15) is 34.5 Å². The molecule has 0 aliphatic carbocycles. The molecule has 24 heavy (non-hydrogen) atoms. The molecule has 3 nitrogen and oxygen atoms in total. The average molecular weight is 393 g/mol. The van der Waals surface area contributed by atoms with Gasteiger partial charge in [0.2, 0.25) is 0 Å². The first-order chi connectivity index (χ1) is 11.4. The SMILES string of the molecule is CCc1ccc([C@H](CNC(=O)c2ccc(Br)cc2F)N(C)C)cc1. The van der Waals surface area contributed by atoms with Gasteiger partial charge in [-0.2, -0.15) is 0 Å². The van der Waals surface area contributed by atoms with Crippen molar-refractivity contribution in [3.05, 3.63) is 69.4 Å². The van der Waals surface area contributed by atoms with Crippen molar-refractivity contribution in [3.63, 3.8) is 0 Å². The van der Waals surface area contributed by atoms with Crippen molar-refractivity contribution >= 4 is 21.8 Å². The van der Waals surface area contributed by atoms with Gasteiger partial charge in [0.05, 0.1) is 11.6 Å². The Bertz CT molecular complexity index is 701. The lowest BCUT2D eigenvalue weighted by Gasteiger charge is -2.25. The van der Waals surface area contributed by atoms with E-state index in [1.165, 1.54) is 17.7 Å². The summed E-state index contributed by atoms with van der Waals surface area (Å²) in [5, 5.41) is 2.83. The zero-order valence-electron chi connectivity index (χ0n) is 14.1. The third-order valence-corrected chi connectivity index (χ3v) is 4.52. The minimum Gasteiger partial charge on any atom is -0.350 e. The molecule has 128 valence electrons. The molecule has 0 radical (unpaired) electrons. The van der Waals surface area contributed by atoms with Crippen molar-refractivity contribution in [1.29, 1.82) is 0 Å². The molecular weight excluding hydrogens is 371 g/mol. The third kappa shape index (κ3) is 4.65. The lowest BCUT2D eigenvalue weighted by molar-refractivity contribution is 0.0938. The van der Waals surface area contributed by atoms with Gasteiger partial charge in [0.1, 0.15) is 5.82 Å². The predicted molar refractivity (Wildman–Crippen MR) is 98.7 cm³/mol. The van der Waals surface area contributed by atoms with Gasteiger partial charge in [-0.1, -0.05) is 47.1 Å². The van der Waals surface area contributed by atoms with Crippen molar-refractivity contribution in [2.45, 2.75) is 19.4 Å². The highest BCUT2D eigenvalue weighted by Gasteiger charge is 2.17. The molecule has 0 heterocycles. The Morgan fingerprint density at radius 3 is 2.42 bits per heavy atom. The van der Waals surface area contributed by atoms with Crippen molar-refractivity contribution < 1.29 is 9.18 Å². The summed E-state index contributed by atoms with van der Waals surface area (Å²) >= 11 is 3.19. The number of nitrogens with zero attached hydrogens (tertiary/aromatic N) is 1. The summed E-state index contributed by atoms with van der Waals surface area (Å²) in [7, 11) is 3.93. The van der Waals surface area contributed by atoms with Crippen molar-refractivity contribution in [3.8, 4) is 0 Å². The predicted octanol–water partition coefficient (Wildman–Crippen LogP) is 4.18. The van der Waals surface area contributed by atoms with Gasteiger partial charge in [0.25, 0.3) is 5.91 Å². The number of aryl methyl sites for hydroxylation is 1. The number of likely N-dealkylation sites (N-methyl/N-ethyl adjacent to an activating group) is 1. The standard InChI is InChI=1S/C19H22BrFN2O/c1-4-13-5-7-14(8-6-13)18(23(2)3)12-22-19(24)16-10-9-15(20)11-17(16)21/h5-11,18H,4,12H2,1-3H3,(H,22,24)/t18-/m0/s1. The van der Waals surface area contributed by atoms with Crippen LogP contribution >= 0.6 is 15.9 Å². The molecule has 0 aliphatic rings. The van der Waals surface area contributed by atoms with Gasteiger partial charge in [-0.15, -0.1) is 0 Å². The van der Waals surface area contributed by atoms with Gasteiger partial charge in [0.15, 0.2) is 0 Å². The number of hydrogen-bond donors (Lipinski definition) is 1. The maximum Gasteiger partial charge on any atom is 0.254 e. The molecule has 2 rings (SSSR count). The molecule has 1 amide bonds. The smallest absolute Gasteiger partial charge is 0.254 e. The first kappa shape index (κ1) is 18.6. The second-order valence-electron chi connectivity index (χ2n) is 5.91. The minimum absolute atomic E-state index is 0.0263. The molecule has 2 aromatic rings. The van der Waals surface area contributed by atoms with Gasteiger partial charge in [-0.25, -0.2) is 4.39 Å². The Morgan fingerprint density at radius 2 is 1.88 bits per heavy atom. The zero-order valence-corrected chi connectivity index (χ0v) is 15.7. The van der Waals surface area contributed by atoms with E-state index in [1.807, 2.05) is 19.0 Å². The van der Waals surface area contributed by atoms with Gasteiger partial charge in [-0.3, -0.25) is 4.79 Å². The van der Waals surface area contributed by atoms with Crippen LogP contribution in [0.3, 0.4) is 0 Å². The maximum absolute atomic E-state index is 13.9. The highest BCUT2D eigenvalue weighted by Crippen LogP contribution is 2.19. The number of hydrogen-bond acceptors (Lipinski definition) is 2. The molecule has 0 aliphatic heterocycles. The Morgan fingerprint density at radius 1 is 1.21 bits per heavy atom. The fraction of sp³-hybridized carbons (Fsp3) is 0.316. The van der Waals surface area contributed by atoms with E-state index in [0.717, 1.165) is 12.0 Å². The maximum atomic E-state index is 13.9. The largest absolute Gasteiger partial charge is 0.350 e. The Kier molecular flexibility index (Phi) is 6.52. The molecule has 1 atom stereocenters. The molecule has 0 unspecified atom stereocenters. The van der Waals surface area contributed by atoms with E-state index in [1.54, 1.807) is 6.07 Å².